The third-order valence-corrected chi connectivity index (χ3v) is 4.60. The molecule has 0 fully saturated rings. The number of nitrogens with one attached hydrogen (secondary N) is 1. The van der Waals surface area contributed by atoms with Crippen molar-refractivity contribution in [1.82, 2.24) is 0 Å². The van der Waals surface area contributed by atoms with Gasteiger partial charge in [-0.3, -0.25) is 4.79 Å². The Hall–Kier alpha value is -1.87. The number of sulfone groups is 1. The van der Waals surface area contributed by atoms with Crippen LogP contribution >= 0.6 is 0 Å². The van der Waals surface area contributed by atoms with Gasteiger partial charge in [-0.1, -0.05) is 32.0 Å². The van der Waals surface area contributed by atoms with Gasteiger partial charge in [0.15, 0.2) is 9.84 Å². The number of anilines is 1. The normalized spacial score (nSPS) is 11.2. The molecule has 1 aromatic rings. The summed E-state index contributed by atoms with van der Waals surface area (Å²) in [5.74, 6) is -1.23. The molecule has 5 nitrogen and oxygen atoms in total. The molecular formula is C15H20N2O3S. The molecule has 0 aliphatic carbocycles. The van der Waals surface area contributed by atoms with Crippen LogP contribution in [0.3, 0.4) is 0 Å². The van der Waals surface area contributed by atoms with E-state index in [4.69, 9.17) is 5.26 Å². The molecule has 6 heteroatoms. The van der Waals surface area contributed by atoms with Gasteiger partial charge in [-0.25, -0.2) is 8.42 Å². The van der Waals surface area contributed by atoms with Gasteiger partial charge in [0.2, 0.25) is 5.91 Å². The van der Waals surface area contributed by atoms with E-state index in [1.165, 1.54) is 0 Å². The third kappa shape index (κ3) is 5.20. The number of amides is 1. The van der Waals surface area contributed by atoms with E-state index in [0.29, 0.717) is 5.69 Å². The second kappa shape index (κ2) is 7.23. The molecule has 0 aliphatic rings. The predicted molar refractivity (Wildman–Crippen MR) is 82.8 cm³/mol. The summed E-state index contributed by atoms with van der Waals surface area (Å²) in [7, 11) is -3.54. The summed E-state index contributed by atoms with van der Waals surface area (Å²) in [4.78, 5) is 11.9. The van der Waals surface area contributed by atoms with E-state index >= 15 is 0 Å². The van der Waals surface area contributed by atoms with Crippen molar-refractivity contribution in [2.75, 3.05) is 16.8 Å². The van der Waals surface area contributed by atoms with Gasteiger partial charge in [0, 0.05) is 12.1 Å². The summed E-state index contributed by atoms with van der Waals surface area (Å²) in [5.41, 5.74) is 2.54. The number of benzene rings is 1. The minimum absolute atomic E-state index is 0.1000. The SMILES string of the molecule is Cc1cccc(C(C)C)c1NC(=O)CS(=O)(=O)CCC#N. The van der Waals surface area contributed by atoms with Crippen LogP contribution in [0.4, 0.5) is 5.69 Å². The number of para-hydroxylation sites is 1. The molecular weight excluding hydrogens is 288 g/mol. The van der Waals surface area contributed by atoms with Crippen LogP contribution in [0, 0.1) is 18.3 Å². The molecule has 21 heavy (non-hydrogen) atoms. The van der Waals surface area contributed by atoms with E-state index in [-0.39, 0.29) is 18.1 Å². The molecule has 0 aromatic heterocycles. The quantitative estimate of drug-likeness (QED) is 0.874. The Kier molecular flexibility index (Phi) is 5.91. The summed E-state index contributed by atoms with van der Waals surface area (Å²) in [6.07, 6.45) is -0.1000. The van der Waals surface area contributed by atoms with Crippen molar-refractivity contribution in [3.8, 4) is 6.07 Å². The molecule has 114 valence electrons. The summed E-state index contributed by atoms with van der Waals surface area (Å²) in [6.45, 7) is 5.88. The largest absolute Gasteiger partial charge is 0.325 e. The molecule has 0 bridgehead atoms. The molecule has 1 aromatic carbocycles. The van der Waals surface area contributed by atoms with Crippen molar-refractivity contribution in [2.24, 2.45) is 0 Å². The monoisotopic (exact) mass is 308 g/mol. The van der Waals surface area contributed by atoms with Crippen LogP contribution in [0.1, 0.15) is 37.3 Å². The van der Waals surface area contributed by atoms with E-state index in [1.807, 2.05) is 39.0 Å². The van der Waals surface area contributed by atoms with Crippen LogP contribution in [-0.4, -0.2) is 25.8 Å². The second-order valence-corrected chi connectivity index (χ2v) is 7.43. The maximum atomic E-state index is 11.9. The van der Waals surface area contributed by atoms with E-state index < -0.39 is 21.5 Å². The zero-order chi connectivity index (χ0) is 16.0. The standard InChI is InChI=1S/C15H20N2O3S/c1-11(2)13-7-4-6-12(3)15(13)17-14(18)10-21(19,20)9-5-8-16/h4,6-7,11H,5,9-10H2,1-3H3,(H,17,18). The lowest BCUT2D eigenvalue weighted by Gasteiger charge is -2.16. The van der Waals surface area contributed by atoms with Gasteiger partial charge < -0.3 is 5.32 Å². The number of nitriles is 1. The lowest BCUT2D eigenvalue weighted by Crippen LogP contribution is -2.25. The predicted octanol–water partition coefficient (Wildman–Crippen LogP) is 2.39. The van der Waals surface area contributed by atoms with Crippen molar-refractivity contribution in [2.45, 2.75) is 33.1 Å². The Balaban J connectivity index is 2.88. The fourth-order valence-corrected chi connectivity index (χ4v) is 3.01. The molecule has 0 unspecified atom stereocenters. The topological polar surface area (TPSA) is 87.0 Å². The highest BCUT2D eigenvalue weighted by molar-refractivity contribution is 7.92. The Morgan fingerprint density at radius 3 is 2.62 bits per heavy atom. The molecule has 0 saturated heterocycles. The lowest BCUT2D eigenvalue weighted by atomic mass is 9.98. The van der Waals surface area contributed by atoms with E-state index in [1.54, 1.807) is 6.07 Å². The summed E-state index contributed by atoms with van der Waals surface area (Å²) >= 11 is 0. The minimum atomic E-state index is -3.54. The molecule has 0 spiro atoms. The highest BCUT2D eigenvalue weighted by Gasteiger charge is 2.18. The number of aryl methyl sites for hydroxylation is 1. The maximum Gasteiger partial charge on any atom is 0.239 e. The summed E-state index contributed by atoms with van der Waals surface area (Å²) < 4.78 is 23.4. The number of hydrogen-bond donors (Lipinski definition) is 1. The van der Waals surface area contributed by atoms with Gasteiger partial charge in [-0.05, 0) is 24.0 Å². The molecule has 0 aliphatic heterocycles. The molecule has 0 radical (unpaired) electrons. The van der Waals surface area contributed by atoms with E-state index in [0.717, 1.165) is 11.1 Å². The molecule has 0 atom stereocenters. The first-order valence-corrected chi connectivity index (χ1v) is 8.55. The highest BCUT2D eigenvalue weighted by Crippen LogP contribution is 2.27. The molecule has 1 rings (SSSR count). The average molecular weight is 308 g/mol. The first-order chi connectivity index (χ1) is 9.76. The van der Waals surface area contributed by atoms with Gasteiger partial charge in [0.25, 0.3) is 0 Å². The van der Waals surface area contributed by atoms with E-state index in [2.05, 4.69) is 5.32 Å². The first kappa shape index (κ1) is 17.2. The number of hydrogen-bond acceptors (Lipinski definition) is 4. The van der Waals surface area contributed by atoms with Gasteiger partial charge in [0.05, 0.1) is 11.8 Å². The van der Waals surface area contributed by atoms with Gasteiger partial charge in [-0.15, -0.1) is 0 Å². The smallest absolute Gasteiger partial charge is 0.239 e. The molecule has 1 N–H and O–H groups in total. The van der Waals surface area contributed by atoms with Crippen molar-refractivity contribution in [3.05, 3.63) is 29.3 Å². The van der Waals surface area contributed by atoms with Crippen molar-refractivity contribution >= 4 is 21.4 Å². The van der Waals surface area contributed by atoms with Gasteiger partial charge >= 0.3 is 0 Å². The highest BCUT2D eigenvalue weighted by atomic mass is 32.2. The van der Waals surface area contributed by atoms with Crippen molar-refractivity contribution < 1.29 is 13.2 Å². The van der Waals surface area contributed by atoms with Crippen LogP contribution < -0.4 is 5.32 Å². The van der Waals surface area contributed by atoms with Crippen LogP contribution in [0.25, 0.3) is 0 Å². The Labute approximate surface area is 125 Å². The zero-order valence-corrected chi connectivity index (χ0v) is 13.3. The lowest BCUT2D eigenvalue weighted by molar-refractivity contribution is -0.113. The van der Waals surface area contributed by atoms with Crippen molar-refractivity contribution in [1.29, 1.82) is 5.26 Å². The van der Waals surface area contributed by atoms with Crippen molar-refractivity contribution in [3.63, 3.8) is 0 Å². The number of rotatable bonds is 6. The molecule has 0 saturated carbocycles. The van der Waals surface area contributed by atoms with Crippen LogP contribution in [0.2, 0.25) is 0 Å². The number of carbonyl (C=O) groups excluding carboxylic acids is 1. The Morgan fingerprint density at radius 1 is 1.38 bits per heavy atom. The summed E-state index contributed by atoms with van der Waals surface area (Å²) in [5, 5.41) is 11.1. The Morgan fingerprint density at radius 2 is 2.05 bits per heavy atom. The van der Waals surface area contributed by atoms with Crippen LogP contribution in [0.5, 0.6) is 0 Å². The summed E-state index contributed by atoms with van der Waals surface area (Å²) in [6, 6.07) is 7.46. The van der Waals surface area contributed by atoms with Crippen LogP contribution in [-0.2, 0) is 14.6 Å². The second-order valence-electron chi connectivity index (χ2n) is 5.24. The fourth-order valence-electron chi connectivity index (χ4n) is 1.99. The fraction of sp³-hybridized carbons (Fsp3) is 0.467. The molecule has 1 amide bonds. The van der Waals surface area contributed by atoms with Gasteiger partial charge in [0.1, 0.15) is 5.75 Å². The average Bonchev–Trinajstić information content (AvgIpc) is 2.38. The van der Waals surface area contributed by atoms with Gasteiger partial charge in [-0.2, -0.15) is 5.26 Å². The van der Waals surface area contributed by atoms with E-state index in [9.17, 15) is 13.2 Å². The van der Waals surface area contributed by atoms with Crippen LogP contribution in [0.15, 0.2) is 18.2 Å². The number of carbonyl (C=O) groups is 1. The molecule has 0 heterocycles. The minimum Gasteiger partial charge on any atom is -0.325 e. The Bertz CT molecular complexity index is 658. The number of nitrogens with zero attached hydrogens (tertiary/aromatic N) is 1. The maximum absolute atomic E-state index is 11.9. The first-order valence-electron chi connectivity index (χ1n) is 6.73. The third-order valence-electron chi connectivity index (χ3n) is 3.07. The zero-order valence-electron chi connectivity index (χ0n) is 12.5.